The van der Waals surface area contributed by atoms with Gasteiger partial charge in [0.15, 0.2) is 0 Å². The van der Waals surface area contributed by atoms with Crippen LogP contribution >= 0.6 is 11.8 Å². The van der Waals surface area contributed by atoms with Crippen molar-refractivity contribution in [3.8, 4) is 0 Å². The Balaban J connectivity index is 2.19. The molecule has 1 aromatic carbocycles. The lowest BCUT2D eigenvalue weighted by molar-refractivity contribution is 0.596. The fourth-order valence-electron chi connectivity index (χ4n) is 2.54. The van der Waals surface area contributed by atoms with Crippen LogP contribution in [0.2, 0.25) is 0 Å². The van der Waals surface area contributed by atoms with Crippen LogP contribution in [0.25, 0.3) is 0 Å². The van der Waals surface area contributed by atoms with Crippen molar-refractivity contribution in [3.05, 3.63) is 29.8 Å². The van der Waals surface area contributed by atoms with Gasteiger partial charge in [0, 0.05) is 30.6 Å². The summed E-state index contributed by atoms with van der Waals surface area (Å²) in [5, 5.41) is 3.53. The molecule has 0 spiro atoms. The van der Waals surface area contributed by atoms with Gasteiger partial charge in [0.05, 0.1) is 0 Å². The number of nitrogens with one attached hydrogen (secondary N) is 1. The van der Waals surface area contributed by atoms with E-state index in [-0.39, 0.29) is 0 Å². The Bertz CT molecular complexity index is 359. The molecule has 0 bridgehead atoms. The quantitative estimate of drug-likeness (QED) is 0.898. The third-order valence-electron chi connectivity index (χ3n) is 3.48. The van der Waals surface area contributed by atoms with Gasteiger partial charge in [0.25, 0.3) is 0 Å². The molecule has 100 valence electrons. The molecule has 18 heavy (non-hydrogen) atoms. The molecule has 2 nitrogen and oxygen atoms in total. The first kappa shape index (κ1) is 13.8. The highest BCUT2D eigenvalue weighted by Gasteiger charge is 2.16. The maximum atomic E-state index is 3.53. The first-order chi connectivity index (χ1) is 8.83. The molecule has 0 aromatic heterocycles. The van der Waals surface area contributed by atoms with E-state index in [4.69, 9.17) is 0 Å². The lowest BCUT2D eigenvalue weighted by atomic mass is 10.0. The van der Waals surface area contributed by atoms with Crippen molar-refractivity contribution in [2.75, 3.05) is 36.0 Å². The maximum absolute atomic E-state index is 3.53. The molecule has 1 fully saturated rings. The van der Waals surface area contributed by atoms with Crippen LogP contribution in [0.1, 0.15) is 31.9 Å². The van der Waals surface area contributed by atoms with Gasteiger partial charge in [0.2, 0.25) is 0 Å². The van der Waals surface area contributed by atoms with Crippen molar-refractivity contribution in [2.45, 2.75) is 26.3 Å². The predicted octanol–water partition coefficient (Wildman–Crippen LogP) is 3.30. The Morgan fingerprint density at radius 2 is 2.11 bits per heavy atom. The van der Waals surface area contributed by atoms with Gasteiger partial charge in [-0.15, -0.1) is 0 Å². The van der Waals surface area contributed by atoms with E-state index < -0.39 is 0 Å². The summed E-state index contributed by atoms with van der Waals surface area (Å²) in [6.45, 7) is 7.82. The van der Waals surface area contributed by atoms with Gasteiger partial charge in [-0.3, -0.25) is 0 Å². The van der Waals surface area contributed by atoms with E-state index in [0.29, 0.717) is 6.04 Å². The normalized spacial score (nSPS) is 18.4. The van der Waals surface area contributed by atoms with Crippen LogP contribution in [-0.4, -0.2) is 31.1 Å². The highest BCUT2D eigenvalue weighted by atomic mass is 32.2. The van der Waals surface area contributed by atoms with E-state index in [1.54, 1.807) is 0 Å². The number of thioether (sulfide) groups is 1. The number of nitrogens with zero attached hydrogens (tertiary/aromatic N) is 1. The van der Waals surface area contributed by atoms with E-state index in [9.17, 15) is 0 Å². The fourth-order valence-corrected chi connectivity index (χ4v) is 3.43. The summed E-state index contributed by atoms with van der Waals surface area (Å²) >= 11 is 2.08. The summed E-state index contributed by atoms with van der Waals surface area (Å²) < 4.78 is 0. The zero-order chi connectivity index (χ0) is 12.8. The Morgan fingerprint density at radius 3 is 2.94 bits per heavy atom. The van der Waals surface area contributed by atoms with E-state index in [2.05, 4.69) is 60.1 Å². The highest BCUT2D eigenvalue weighted by Crippen LogP contribution is 2.27. The second kappa shape index (κ2) is 7.05. The van der Waals surface area contributed by atoms with Crippen LogP contribution in [0.4, 0.5) is 5.69 Å². The molecule has 0 amide bonds. The molecule has 1 aliphatic heterocycles. The van der Waals surface area contributed by atoms with Crippen molar-refractivity contribution < 1.29 is 0 Å². The molecule has 1 aliphatic rings. The molecule has 1 aromatic rings. The number of benzene rings is 1. The topological polar surface area (TPSA) is 15.3 Å². The predicted molar refractivity (Wildman–Crippen MR) is 82.7 cm³/mol. The summed E-state index contributed by atoms with van der Waals surface area (Å²) in [6.07, 6.45) is 1.30. The minimum Gasteiger partial charge on any atom is -0.370 e. The fraction of sp³-hybridized carbons (Fsp3) is 0.600. The Hall–Kier alpha value is -0.670. The van der Waals surface area contributed by atoms with Gasteiger partial charge < -0.3 is 10.2 Å². The van der Waals surface area contributed by atoms with Gasteiger partial charge in [-0.1, -0.05) is 25.1 Å². The maximum Gasteiger partial charge on any atom is 0.0414 e. The molecule has 2 rings (SSSR count). The number of para-hydroxylation sites is 1. The van der Waals surface area contributed by atoms with Crippen molar-refractivity contribution in [3.63, 3.8) is 0 Å². The van der Waals surface area contributed by atoms with Crippen LogP contribution in [0.3, 0.4) is 0 Å². The zero-order valence-corrected chi connectivity index (χ0v) is 12.3. The van der Waals surface area contributed by atoms with Crippen molar-refractivity contribution in [1.82, 2.24) is 5.32 Å². The van der Waals surface area contributed by atoms with E-state index >= 15 is 0 Å². The molecule has 1 atom stereocenters. The summed E-state index contributed by atoms with van der Waals surface area (Å²) in [5.41, 5.74) is 2.86. The lowest BCUT2D eigenvalue weighted by Gasteiger charge is -2.27. The highest BCUT2D eigenvalue weighted by molar-refractivity contribution is 7.99. The molecular formula is C15H24N2S. The average Bonchev–Trinajstić information content (AvgIpc) is 2.68. The van der Waals surface area contributed by atoms with Crippen LogP contribution < -0.4 is 10.2 Å². The number of hydrogen-bond acceptors (Lipinski definition) is 3. The molecular weight excluding hydrogens is 240 g/mol. The smallest absolute Gasteiger partial charge is 0.0414 e. The van der Waals surface area contributed by atoms with Crippen LogP contribution in [0.15, 0.2) is 24.3 Å². The largest absolute Gasteiger partial charge is 0.370 e. The van der Waals surface area contributed by atoms with Gasteiger partial charge >= 0.3 is 0 Å². The third-order valence-corrected chi connectivity index (χ3v) is 4.53. The Labute approximate surface area is 115 Å². The lowest BCUT2D eigenvalue weighted by Crippen LogP contribution is -2.28. The summed E-state index contributed by atoms with van der Waals surface area (Å²) in [4.78, 5) is 2.56. The molecule has 1 saturated heterocycles. The van der Waals surface area contributed by atoms with Gasteiger partial charge in [-0.2, -0.15) is 11.8 Å². The first-order valence-corrected chi connectivity index (χ1v) is 8.13. The molecule has 1 unspecified atom stereocenters. The minimum absolute atomic E-state index is 0.433. The number of anilines is 1. The Kier molecular flexibility index (Phi) is 5.39. The van der Waals surface area contributed by atoms with Gasteiger partial charge in [0.1, 0.15) is 0 Å². The van der Waals surface area contributed by atoms with Gasteiger partial charge in [-0.05, 0) is 37.3 Å². The molecule has 0 aliphatic carbocycles. The molecule has 0 saturated carbocycles. The van der Waals surface area contributed by atoms with Crippen molar-refractivity contribution in [1.29, 1.82) is 0 Å². The number of rotatable bonds is 4. The molecule has 1 N–H and O–H groups in total. The summed E-state index contributed by atoms with van der Waals surface area (Å²) in [7, 11) is 0. The third kappa shape index (κ3) is 3.42. The second-order valence-electron chi connectivity index (χ2n) is 4.79. The first-order valence-electron chi connectivity index (χ1n) is 6.98. The second-order valence-corrected chi connectivity index (χ2v) is 6.02. The van der Waals surface area contributed by atoms with Crippen LogP contribution in [0, 0.1) is 0 Å². The standard InChI is InChI=1S/C15H24N2S/c1-3-16-13(2)14-7-4-5-8-15(14)17-9-6-11-18-12-10-17/h4-5,7-8,13,16H,3,6,9-12H2,1-2H3. The summed E-state index contributed by atoms with van der Waals surface area (Å²) in [5.74, 6) is 2.56. The van der Waals surface area contributed by atoms with E-state index in [0.717, 1.165) is 6.54 Å². The van der Waals surface area contributed by atoms with E-state index in [1.807, 2.05) is 0 Å². The van der Waals surface area contributed by atoms with Gasteiger partial charge in [-0.25, -0.2) is 0 Å². The van der Waals surface area contributed by atoms with Crippen LogP contribution in [0.5, 0.6) is 0 Å². The average molecular weight is 264 g/mol. The minimum atomic E-state index is 0.433. The molecule has 1 heterocycles. The molecule has 0 radical (unpaired) electrons. The Morgan fingerprint density at radius 1 is 1.28 bits per heavy atom. The number of hydrogen-bond donors (Lipinski definition) is 1. The SMILES string of the molecule is CCNC(C)c1ccccc1N1CCCSCC1. The van der Waals surface area contributed by atoms with Crippen LogP contribution in [-0.2, 0) is 0 Å². The zero-order valence-electron chi connectivity index (χ0n) is 11.5. The monoisotopic (exact) mass is 264 g/mol. The van der Waals surface area contributed by atoms with Crippen molar-refractivity contribution in [2.24, 2.45) is 0 Å². The van der Waals surface area contributed by atoms with Crippen molar-refractivity contribution >= 4 is 17.4 Å². The van der Waals surface area contributed by atoms with E-state index in [1.165, 1.54) is 42.3 Å². The summed E-state index contributed by atoms with van der Waals surface area (Å²) in [6, 6.07) is 9.29. The molecule has 3 heteroatoms.